The number of aromatic carboxylic acids is 1. The van der Waals surface area contributed by atoms with Crippen molar-refractivity contribution < 1.29 is 19.4 Å². The molecule has 158 valence electrons. The van der Waals surface area contributed by atoms with Gasteiger partial charge in [-0.15, -0.1) is 0 Å². The first-order valence-corrected chi connectivity index (χ1v) is 10.1. The third-order valence-corrected chi connectivity index (χ3v) is 5.14. The van der Waals surface area contributed by atoms with E-state index in [1.54, 1.807) is 6.07 Å². The summed E-state index contributed by atoms with van der Waals surface area (Å²) in [7, 11) is 0. The van der Waals surface area contributed by atoms with Crippen LogP contribution in [0, 0.1) is 6.92 Å². The van der Waals surface area contributed by atoms with Crippen molar-refractivity contribution in [2.45, 2.75) is 59.1 Å². The van der Waals surface area contributed by atoms with Gasteiger partial charge in [0.15, 0.2) is 5.65 Å². The van der Waals surface area contributed by atoms with Crippen LogP contribution in [0.15, 0.2) is 18.3 Å². The van der Waals surface area contributed by atoms with E-state index < -0.39 is 11.6 Å². The summed E-state index contributed by atoms with van der Waals surface area (Å²) < 4.78 is 7.41. The lowest BCUT2D eigenvalue weighted by Gasteiger charge is -2.39. The zero-order chi connectivity index (χ0) is 21.3. The smallest absolute Gasteiger partial charge is 0.410 e. The van der Waals surface area contributed by atoms with Gasteiger partial charge < -0.3 is 19.6 Å². The number of carboxylic acids is 1. The third kappa shape index (κ3) is 4.46. The van der Waals surface area contributed by atoms with Crippen molar-refractivity contribution in [1.82, 2.24) is 14.3 Å². The van der Waals surface area contributed by atoms with E-state index in [1.807, 2.05) is 56.2 Å². The number of amides is 1. The number of anilines is 1. The minimum Gasteiger partial charge on any atom is -0.478 e. The molecule has 2 aromatic heterocycles. The second kappa shape index (κ2) is 7.93. The van der Waals surface area contributed by atoms with Crippen LogP contribution in [0.4, 0.5) is 10.6 Å². The van der Waals surface area contributed by atoms with E-state index in [9.17, 15) is 14.7 Å². The van der Waals surface area contributed by atoms with Gasteiger partial charge in [0.1, 0.15) is 17.0 Å². The lowest BCUT2D eigenvalue weighted by atomic mass is 10.0. The van der Waals surface area contributed by atoms with Crippen molar-refractivity contribution in [3.8, 4) is 0 Å². The van der Waals surface area contributed by atoms with Crippen molar-refractivity contribution >= 4 is 23.5 Å². The number of rotatable bonds is 4. The summed E-state index contributed by atoms with van der Waals surface area (Å²) in [5.74, 6) is -0.0637. The third-order valence-electron chi connectivity index (χ3n) is 5.14. The quantitative estimate of drug-likeness (QED) is 0.841. The highest BCUT2D eigenvalue weighted by molar-refractivity contribution is 5.95. The molecule has 2 aromatic rings. The Morgan fingerprint density at radius 3 is 2.48 bits per heavy atom. The molecule has 3 heterocycles. The number of aryl methyl sites for hydroxylation is 1. The number of carboxylic acid groups (broad SMARTS) is 1. The highest BCUT2D eigenvalue weighted by atomic mass is 16.6. The van der Waals surface area contributed by atoms with E-state index >= 15 is 0 Å². The van der Waals surface area contributed by atoms with Crippen molar-refractivity contribution in [1.29, 1.82) is 0 Å². The van der Waals surface area contributed by atoms with Crippen LogP contribution in [-0.4, -0.2) is 62.7 Å². The van der Waals surface area contributed by atoms with Crippen LogP contribution in [0.5, 0.6) is 0 Å². The van der Waals surface area contributed by atoms with Gasteiger partial charge in [-0.3, -0.25) is 4.40 Å². The van der Waals surface area contributed by atoms with E-state index in [2.05, 4.69) is 9.88 Å². The second-order valence-corrected chi connectivity index (χ2v) is 8.47. The largest absolute Gasteiger partial charge is 0.478 e. The first kappa shape index (κ1) is 21.0. The molecule has 29 heavy (non-hydrogen) atoms. The van der Waals surface area contributed by atoms with E-state index in [0.717, 1.165) is 37.4 Å². The standard InChI is InChI=1S/C21H30N4O4/c1-6-24(20(28)29-21(3,4)5)15-9-11-23(12-10-15)17-8-7-16(19(26)27)18-22-14(2)13-25(17)18/h7-8,13,15H,6,9-12H2,1-5H3,(H,26,27). The lowest BCUT2D eigenvalue weighted by Crippen LogP contribution is -2.49. The van der Waals surface area contributed by atoms with Crippen LogP contribution in [0.3, 0.4) is 0 Å². The van der Waals surface area contributed by atoms with Gasteiger partial charge in [0.05, 0.1) is 5.69 Å². The maximum absolute atomic E-state index is 12.5. The fraction of sp³-hybridized carbons (Fsp3) is 0.571. The molecule has 0 atom stereocenters. The molecule has 0 unspecified atom stereocenters. The van der Waals surface area contributed by atoms with E-state index in [4.69, 9.17) is 4.74 Å². The van der Waals surface area contributed by atoms with Crippen LogP contribution in [0.2, 0.25) is 0 Å². The lowest BCUT2D eigenvalue weighted by molar-refractivity contribution is 0.0149. The van der Waals surface area contributed by atoms with Gasteiger partial charge in [-0.1, -0.05) is 0 Å². The first-order chi connectivity index (χ1) is 13.6. The zero-order valence-electron chi connectivity index (χ0n) is 17.8. The normalized spacial score (nSPS) is 15.6. The number of hydrogen-bond acceptors (Lipinski definition) is 5. The molecule has 1 saturated heterocycles. The SMILES string of the molecule is CCN(C(=O)OC(C)(C)C)C1CCN(c2ccc(C(=O)O)c3nc(C)cn23)CC1. The molecule has 0 spiro atoms. The summed E-state index contributed by atoms with van der Waals surface area (Å²) in [6.07, 6.45) is 3.24. The summed E-state index contributed by atoms with van der Waals surface area (Å²) in [6.45, 7) is 11.6. The molecular weight excluding hydrogens is 372 g/mol. The maximum atomic E-state index is 12.5. The molecule has 1 N–H and O–H groups in total. The van der Waals surface area contributed by atoms with Crippen molar-refractivity contribution in [3.05, 3.63) is 29.6 Å². The Kier molecular flexibility index (Phi) is 5.73. The monoisotopic (exact) mass is 402 g/mol. The van der Waals surface area contributed by atoms with Gasteiger partial charge in [-0.25, -0.2) is 14.6 Å². The van der Waals surface area contributed by atoms with Gasteiger partial charge in [0.25, 0.3) is 0 Å². The summed E-state index contributed by atoms with van der Waals surface area (Å²) in [4.78, 5) is 32.5. The van der Waals surface area contributed by atoms with Gasteiger partial charge >= 0.3 is 12.1 Å². The van der Waals surface area contributed by atoms with Crippen LogP contribution >= 0.6 is 0 Å². The molecule has 8 nitrogen and oxygen atoms in total. The van der Waals surface area contributed by atoms with Crippen molar-refractivity contribution in [3.63, 3.8) is 0 Å². The Labute approximate surface area is 171 Å². The van der Waals surface area contributed by atoms with Gasteiger partial charge in [-0.2, -0.15) is 0 Å². The van der Waals surface area contributed by atoms with Gasteiger partial charge in [0.2, 0.25) is 0 Å². The van der Waals surface area contributed by atoms with Gasteiger partial charge in [0, 0.05) is 31.9 Å². The minimum absolute atomic E-state index is 0.129. The highest BCUT2D eigenvalue weighted by Crippen LogP contribution is 2.26. The first-order valence-electron chi connectivity index (χ1n) is 10.1. The molecule has 0 aromatic carbocycles. The summed E-state index contributed by atoms with van der Waals surface area (Å²) in [6, 6.07) is 3.58. The average molecular weight is 402 g/mol. The number of fused-ring (bicyclic) bond motifs is 1. The fourth-order valence-electron chi connectivity index (χ4n) is 3.86. The minimum atomic E-state index is -0.984. The Bertz CT molecular complexity index is 907. The average Bonchev–Trinajstić information content (AvgIpc) is 3.01. The van der Waals surface area contributed by atoms with Crippen molar-refractivity contribution in [2.75, 3.05) is 24.5 Å². The van der Waals surface area contributed by atoms with Crippen LogP contribution in [-0.2, 0) is 4.74 Å². The fourth-order valence-corrected chi connectivity index (χ4v) is 3.86. The molecule has 0 bridgehead atoms. The number of carbonyl (C=O) groups is 2. The number of pyridine rings is 1. The molecular formula is C21H30N4O4. The number of ether oxygens (including phenoxy) is 1. The van der Waals surface area contributed by atoms with E-state index in [0.29, 0.717) is 12.2 Å². The number of carbonyl (C=O) groups excluding carboxylic acids is 1. The zero-order valence-corrected chi connectivity index (χ0v) is 17.8. The van der Waals surface area contributed by atoms with Crippen molar-refractivity contribution in [2.24, 2.45) is 0 Å². The van der Waals surface area contributed by atoms with Crippen LogP contribution < -0.4 is 4.90 Å². The van der Waals surface area contributed by atoms with E-state index in [1.165, 1.54) is 0 Å². The predicted octanol–water partition coefficient (Wildman–Crippen LogP) is 3.57. The summed E-state index contributed by atoms with van der Waals surface area (Å²) >= 11 is 0. The molecule has 1 aliphatic heterocycles. The molecule has 0 radical (unpaired) electrons. The molecule has 1 aliphatic rings. The molecule has 1 amide bonds. The molecule has 3 rings (SSSR count). The molecule has 8 heteroatoms. The number of hydrogen-bond donors (Lipinski definition) is 1. The maximum Gasteiger partial charge on any atom is 0.410 e. The Balaban J connectivity index is 1.76. The van der Waals surface area contributed by atoms with Crippen LogP contribution in [0.1, 0.15) is 56.6 Å². The number of nitrogens with zero attached hydrogens (tertiary/aromatic N) is 4. The van der Waals surface area contributed by atoms with E-state index in [-0.39, 0.29) is 17.7 Å². The molecule has 0 saturated carbocycles. The molecule has 1 fully saturated rings. The number of imidazole rings is 1. The predicted molar refractivity (Wildman–Crippen MR) is 111 cm³/mol. The van der Waals surface area contributed by atoms with Gasteiger partial charge in [-0.05, 0) is 59.6 Å². The Morgan fingerprint density at radius 1 is 1.28 bits per heavy atom. The second-order valence-electron chi connectivity index (χ2n) is 8.47. The highest BCUT2D eigenvalue weighted by Gasteiger charge is 2.31. The molecule has 0 aliphatic carbocycles. The summed E-state index contributed by atoms with van der Waals surface area (Å²) in [5.41, 5.74) is 0.913. The number of piperidine rings is 1. The number of aromatic nitrogens is 2. The Morgan fingerprint density at radius 2 is 1.93 bits per heavy atom. The topological polar surface area (TPSA) is 87.4 Å². The summed E-state index contributed by atoms with van der Waals surface area (Å²) in [5, 5.41) is 9.43. The van der Waals surface area contributed by atoms with Crippen LogP contribution in [0.25, 0.3) is 5.65 Å². The Hall–Kier alpha value is -2.77.